The Morgan fingerprint density at radius 2 is 2.07 bits per heavy atom. The molecule has 0 fully saturated rings. The number of amides is 1. The van der Waals surface area contributed by atoms with Crippen molar-refractivity contribution in [2.75, 3.05) is 20.2 Å². The Morgan fingerprint density at radius 1 is 1.43 bits per heavy atom. The lowest BCUT2D eigenvalue weighted by molar-refractivity contribution is -0.122. The van der Waals surface area contributed by atoms with Crippen LogP contribution in [0.25, 0.3) is 0 Å². The first-order valence-electron chi connectivity index (χ1n) is 5.08. The fourth-order valence-electron chi connectivity index (χ4n) is 1.21. The normalized spacial score (nSPS) is 11.4. The molecule has 4 nitrogen and oxygen atoms in total. The van der Waals surface area contributed by atoms with Crippen molar-refractivity contribution in [1.29, 1.82) is 0 Å². The molecule has 0 spiro atoms. The van der Waals surface area contributed by atoms with Gasteiger partial charge in [-0.15, -0.1) is 0 Å². The van der Waals surface area contributed by atoms with Gasteiger partial charge in [0.1, 0.15) is 0 Å². The summed E-state index contributed by atoms with van der Waals surface area (Å²) in [5.74, 6) is 0.0544. The summed E-state index contributed by atoms with van der Waals surface area (Å²) in [6, 6.07) is 0. The van der Waals surface area contributed by atoms with Crippen molar-refractivity contribution < 1.29 is 9.90 Å². The molecule has 0 aliphatic heterocycles. The minimum Gasteiger partial charge on any atom is -0.396 e. The molecule has 0 radical (unpaired) electrons. The molecule has 1 amide bonds. The Kier molecular flexibility index (Phi) is 6.49. The van der Waals surface area contributed by atoms with E-state index in [9.17, 15) is 4.79 Å². The van der Waals surface area contributed by atoms with E-state index in [1.54, 1.807) is 0 Å². The van der Waals surface area contributed by atoms with Gasteiger partial charge < -0.3 is 15.7 Å². The number of carbonyl (C=O) groups is 1. The molecule has 0 atom stereocenters. The van der Waals surface area contributed by atoms with E-state index < -0.39 is 0 Å². The van der Waals surface area contributed by atoms with Gasteiger partial charge in [0.2, 0.25) is 5.91 Å². The third-order valence-corrected chi connectivity index (χ3v) is 2.05. The van der Waals surface area contributed by atoms with Crippen molar-refractivity contribution in [2.45, 2.75) is 38.6 Å². The summed E-state index contributed by atoms with van der Waals surface area (Å²) in [7, 11) is 1.87. The van der Waals surface area contributed by atoms with E-state index in [1.165, 1.54) is 0 Å². The summed E-state index contributed by atoms with van der Waals surface area (Å²) in [6.45, 7) is 4.79. The first-order chi connectivity index (χ1) is 6.52. The predicted octanol–water partition coefficient (Wildman–Crippen LogP) is 0.263. The minimum atomic E-state index is -0.300. The SMILES string of the molecule is CNCCCC(=O)NC(C)(C)CCO. The van der Waals surface area contributed by atoms with E-state index in [0.717, 1.165) is 13.0 Å². The highest BCUT2D eigenvalue weighted by atomic mass is 16.3. The fraction of sp³-hybridized carbons (Fsp3) is 0.900. The Labute approximate surface area is 86.1 Å². The lowest BCUT2D eigenvalue weighted by Gasteiger charge is -2.25. The van der Waals surface area contributed by atoms with Crippen molar-refractivity contribution in [3.05, 3.63) is 0 Å². The molecule has 0 aromatic carbocycles. The summed E-state index contributed by atoms with van der Waals surface area (Å²) in [4.78, 5) is 11.4. The lowest BCUT2D eigenvalue weighted by Crippen LogP contribution is -2.44. The number of nitrogens with one attached hydrogen (secondary N) is 2. The van der Waals surface area contributed by atoms with Gasteiger partial charge in [-0.25, -0.2) is 0 Å². The Morgan fingerprint density at radius 3 is 2.57 bits per heavy atom. The summed E-state index contributed by atoms with van der Waals surface area (Å²) < 4.78 is 0. The van der Waals surface area contributed by atoms with Gasteiger partial charge in [-0.1, -0.05) is 0 Å². The van der Waals surface area contributed by atoms with E-state index in [0.29, 0.717) is 12.8 Å². The molecule has 3 N–H and O–H groups in total. The largest absolute Gasteiger partial charge is 0.396 e. The number of hydrogen-bond donors (Lipinski definition) is 3. The third-order valence-electron chi connectivity index (χ3n) is 2.05. The maximum atomic E-state index is 11.4. The van der Waals surface area contributed by atoms with Crippen molar-refractivity contribution in [3.63, 3.8) is 0 Å². The van der Waals surface area contributed by atoms with Gasteiger partial charge in [-0.05, 0) is 40.3 Å². The first kappa shape index (κ1) is 13.4. The molecule has 0 aliphatic carbocycles. The monoisotopic (exact) mass is 202 g/mol. The molecular weight excluding hydrogens is 180 g/mol. The van der Waals surface area contributed by atoms with Gasteiger partial charge in [-0.3, -0.25) is 4.79 Å². The molecule has 0 unspecified atom stereocenters. The number of aliphatic hydroxyl groups is 1. The fourth-order valence-corrected chi connectivity index (χ4v) is 1.21. The van der Waals surface area contributed by atoms with Gasteiger partial charge in [0, 0.05) is 18.6 Å². The van der Waals surface area contributed by atoms with E-state index >= 15 is 0 Å². The highest BCUT2D eigenvalue weighted by Crippen LogP contribution is 2.07. The lowest BCUT2D eigenvalue weighted by atomic mass is 10.0. The van der Waals surface area contributed by atoms with Crippen LogP contribution < -0.4 is 10.6 Å². The van der Waals surface area contributed by atoms with Crippen molar-refractivity contribution >= 4 is 5.91 Å². The zero-order valence-electron chi connectivity index (χ0n) is 9.39. The van der Waals surface area contributed by atoms with Gasteiger partial charge >= 0.3 is 0 Å². The first-order valence-corrected chi connectivity index (χ1v) is 5.08. The maximum absolute atomic E-state index is 11.4. The average molecular weight is 202 g/mol. The number of rotatable bonds is 7. The van der Waals surface area contributed by atoms with Crippen LogP contribution in [0.3, 0.4) is 0 Å². The van der Waals surface area contributed by atoms with E-state index in [1.807, 2.05) is 20.9 Å². The smallest absolute Gasteiger partial charge is 0.220 e. The molecule has 4 heteroatoms. The van der Waals surface area contributed by atoms with Crippen LogP contribution in [0, 0.1) is 0 Å². The molecular formula is C10H22N2O2. The van der Waals surface area contributed by atoms with Crippen LogP contribution in [0.5, 0.6) is 0 Å². The summed E-state index contributed by atoms with van der Waals surface area (Å²) in [5, 5.41) is 14.6. The second kappa shape index (κ2) is 6.79. The molecule has 0 heterocycles. The minimum absolute atomic E-state index is 0.0544. The Balaban J connectivity index is 3.69. The Hall–Kier alpha value is -0.610. The van der Waals surface area contributed by atoms with Gasteiger partial charge in [0.25, 0.3) is 0 Å². The number of hydrogen-bond acceptors (Lipinski definition) is 3. The standard InChI is InChI=1S/C10H22N2O2/c1-10(2,6-8-13)12-9(14)5-4-7-11-3/h11,13H,4-8H2,1-3H3,(H,12,14). The van der Waals surface area contributed by atoms with Gasteiger partial charge in [0.05, 0.1) is 0 Å². The predicted molar refractivity (Wildman–Crippen MR) is 57.1 cm³/mol. The quantitative estimate of drug-likeness (QED) is 0.519. The summed E-state index contributed by atoms with van der Waals surface area (Å²) in [6.07, 6.45) is 1.97. The van der Waals surface area contributed by atoms with E-state index in [4.69, 9.17) is 5.11 Å². The van der Waals surface area contributed by atoms with E-state index in [2.05, 4.69) is 10.6 Å². The third kappa shape index (κ3) is 6.86. The second-order valence-corrected chi connectivity index (χ2v) is 4.11. The van der Waals surface area contributed by atoms with Crippen molar-refractivity contribution in [1.82, 2.24) is 10.6 Å². The molecule has 0 bridgehead atoms. The van der Waals surface area contributed by atoms with Crippen LogP contribution >= 0.6 is 0 Å². The summed E-state index contributed by atoms with van der Waals surface area (Å²) in [5.41, 5.74) is -0.300. The molecule has 0 rings (SSSR count). The van der Waals surface area contributed by atoms with Crippen LogP contribution in [-0.2, 0) is 4.79 Å². The maximum Gasteiger partial charge on any atom is 0.220 e. The second-order valence-electron chi connectivity index (χ2n) is 4.11. The van der Waals surface area contributed by atoms with Crippen LogP contribution in [0.15, 0.2) is 0 Å². The van der Waals surface area contributed by atoms with Gasteiger partial charge in [0.15, 0.2) is 0 Å². The van der Waals surface area contributed by atoms with Crippen molar-refractivity contribution in [2.24, 2.45) is 0 Å². The summed E-state index contributed by atoms with van der Waals surface area (Å²) >= 11 is 0. The van der Waals surface area contributed by atoms with Crippen LogP contribution in [0.1, 0.15) is 33.1 Å². The highest BCUT2D eigenvalue weighted by Gasteiger charge is 2.18. The average Bonchev–Trinajstić information content (AvgIpc) is 2.03. The molecule has 84 valence electrons. The number of carbonyl (C=O) groups excluding carboxylic acids is 1. The topological polar surface area (TPSA) is 61.4 Å². The van der Waals surface area contributed by atoms with Crippen LogP contribution in [0.4, 0.5) is 0 Å². The highest BCUT2D eigenvalue weighted by molar-refractivity contribution is 5.76. The van der Waals surface area contributed by atoms with Crippen molar-refractivity contribution in [3.8, 4) is 0 Å². The Bertz CT molecular complexity index is 170. The molecule has 0 aliphatic rings. The van der Waals surface area contributed by atoms with E-state index in [-0.39, 0.29) is 18.1 Å². The molecule has 14 heavy (non-hydrogen) atoms. The number of aliphatic hydroxyl groups excluding tert-OH is 1. The molecule has 0 saturated heterocycles. The molecule has 0 saturated carbocycles. The molecule has 0 aromatic heterocycles. The van der Waals surface area contributed by atoms with Crippen LogP contribution in [0.2, 0.25) is 0 Å². The van der Waals surface area contributed by atoms with Crippen LogP contribution in [-0.4, -0.2) is 36.8 Å². The van der Waals surface area contributed by atoms with Gasteiger partial charge in [-0.2, -0.15) is 0 Å². The zero-order chi connectivity index (χ0) is 11.0. The molecule has 0 aromatic rings. The zero-order valence-corrected chi connectivity index (χ0v) is 9.39.